The van der Waals surface area contributed by atoms with Crippen LogP contribution in [0.1, 0.15) is 58.8 Å². The van der Waals surface area contributed by atoms with Gasteiger partial charge in [0.25, 0.3) is 0 Å². The second kappa shape index (κ2) is 9.32. The number of nitrogens with one attached hydrogen (secondary N) is 1. The van der Waals surface area contributed by atoms with Gasteiger partial charge in [-0.3, -0.25) is 4.79 Å². The Morgan fingerprint density at radius 1 is 1.37 bits per heavy atom. The molecule has 1 amide bonds. The Bertz CT molecular complexity index is 251. The van der Waals surface area contributed by atoms with E-state index in [4.69, 9.17) is 10.5 Å². The minimum Gasteiger partial charge on any atom is -0.378 e. The Hall–Kier alpha value is -0.610. The van der Waals surface area contributed by atoms with Crippen molar-refractivity contribution in [2.45, 2.75) is 70.9 Å². The number of rotatable bonds is 8. The first-order chi connectivity index (χ1) is 9.09. The number of nitrogens with two attached hydrogens (primary N) is 1. The van der Waals surface area contributed by atoms with E-state index >= 15 is 0 Å². The fraction of sp³-hybridized carbons (Fsp3) is 0.933. The molecule has 0 aromatic heterocycles. The molecule has 0 saturated carbocycles. The van der Waals surface area contributed by atoms with E-state index in [9.17, 15) is 4.79 Å². The maximum atomic E-state index is 11.9. The quantitative estimate of drug-likeness (QED) is 0.711. The van der Waals surface area contributed by atoms with Crippen LogP contribution in [0.3, 0.4) is 0 Å². The van der Waals surface area contributed by atoms with Crippen molar-refractivity contribution in [2.24, 2.45) is 11.7 Å². The molecule has 0 radical (unpaired) electrons. The van der Waals surface area contributed by atoms with Gasteiger partial charge in [0.2, 0.25) is 5.91 Å². The molecule has 3 N–H and O–H groups in total. The Morgan fingerprint density at radius 2 is 2.16 bits per heavy atom. The number of amides is 1. The fourth-order valence-corrected chi connectivity index (χ4v) is 2.44. The number of carbonyl (C=O) groups excluding carboxylic acids is 1. The molecule has 4 heteroatoms. The second-order valence-corrected chi connectivity index (χ2v) is 5.88. The lowest BCUT2D eigenvalue weighted by atomic mass is 10.0. The second-order valence-electron chi connectivity index (χ2n) is 5.88. The van der Waals surface area contributed by atoms with Gasteiger partial charge in [0.05, 0.1) is 6.10 Å². The average Bonchev–Trinajstić information content (AvgIpc) is 2.39. The summed E-state index contributed by atoms with van der Waals surface area (Å²) >= 11 is 0. The molecule has 0 bridgehead atoms. The molecule has 0 aromatic carbocycles. The van der Waals surface area contributed by atoms with E-state index in [0.717, 1.165) is 45.3 Å². The van der Waals surface area contributed by atoms with Crippen molar-refractivity contribution in [3.63, 3.8) is 0 Å². The van der Waals surface area contributed by atoms with Gasteiger partial charge in [0, 0.05) is 25.1 Å². The van der Waals surface area contributed by atoms with Gasteiger partial charge < -0.3 is 15.8 Å². The highest BCUT2D eigenvalue weighted by molar-refractivity contribution is 5.78. The van der Waals surface area contributed by atoms with E-state index in [-0.39, 0.29) is 17.9 Å². The summed E-state index contributed by atoms with van der Waals surface area (Å²) in [5, 5.41) is 3.02. The van der Waals surface area contributed by atoms with Crippen LogP contribution in [0.4, 0.5) is 0 Å². The zero-order valence-corrected chi connectivity index (χ0v) is 12.5. The molecular formula is C15H30N2O2. The van der Waals surface area contributed by atoms with Crippen LogP contribution < -0.4 is 11.1 Å². The number of ether oxygens (including phenoxy) is 1. The van der Waals surface area contributed by atoms with E-state index in [1.54, 1.807) is 0 Å². The van der Waals surface area contributed by atoms with Crippen molar-refractivity contribution in [1.82, 2.24) is 5.32 Å². The maximum absolute atomic E-state index is 11.9. The molecule has 19 heavy (non-hydrogen) atoms. The number of hydrogen-bond acceptors (Lipinski definition) is 3. The third-order valence-corrected chi connectivity index (χ3v) is 3.78. The minimum absolute atomic E-state index is 0.0889. The van der Waals surface area contributed by atoms with Crippen LogP contribution in [0.2, 0.25) is 0 Å². The van der Waals surface area contributed by atoms with E-state index in [2.05, 4.69) is 5.32 Å². The van der Waals surface area contributed by atoms with Crippen LogP contribution in [0.5, 0.6) is 0 Å². The third-order valence-electron chi connectivity index (χ3n) is 3.78. The van der Waals surface area contributed by atoms with Crippen molar-refractivity contribution in [3.05, 3.63) is 0 Å². The smallest absolute Gasteiger partial charge is 0.222 e. The predicted octanol–water partition coefficient (Wildman–Crippen LogP) is 2.22. The molecule has 3 unspecified atom stereocenters. The Labute approximate surface area is 117 Å². The zero-order chi connectivity index (χ0) is 14.1. The van der Waals surface area contributed by atoms with Crippen LogP contribution in [0, 0.1) is 5.92 Å². The minimum atomic E-state index is 0.0889. The van der Waals surface area contributed by atoms with Gasteiger partial charge >= 0.3 is 0 Å². The van der Waals surface area contributed by atoms with E-state index in [1.165, 1.54) is 12.8 Å². The van der Waals surface area contributed by atoms with Crippen molar-refractivity contribution in [3.8, 4) is 0 Å². The monoisotopic (exact) mass is 270 g/mol. The van der Waals surface area contributed by atoms with Gasteiger partial charge in [0.1, 0.15) is 0 Å². The summed E-state index contributed by atoms with van der Waals surface area (Å²) in [7, 11) is 0. The maximum Gasteiger partial charge on any atom is 0.222 e. The van der Waals surface area contributed by atoms with Crippen LogP contribution in [-0.2, 0) is 9.53 Å². The van der Waals surface area contributed by atoms with Crippen LogP contribution in [-0.4, -0.2) is 31.2 Å². The molecule has 1 aliphatic rings. The Balaban J connectivity index is 2.05. The molecule has 0 aliphatic carbocycles. The molecule has 1 fully saturated rings. The largest absolute Gasteiger partial charge is 0.378 e. The molecule has 1 rings (SSSR count). The molecule has 3 atom stereocenters. The number of carbonyl (C=O) groups is 1. The summed E-state index contributed by atoms with van der Waals surface area (Å²) in [4.78, 5) is 11.9. The van der Waals surface area contributed by atoms with Gasteiger partial charge in [-0.05, 0) is 45.4 Å². The first kappa shape index (κ1) is 16.4. The summed E-state index contributed by atoms with van der Waals surface area (Å²) in [6.07, 6.45) is 7.81. The van der Waals surface area contributed by atoms with Gasteiger partial charge in [-0.25, -0.2) is 0 Å². The van der Waals surface area contributed by atoms with Crippen molar-refractivity contribution in [2.75, 3.05) is 13.2 Å². The molecule has 0 aromatic rings. The SMILES string of the molecule is CC(N)CCCC(C)C(=O)NCCC1CCCCO1. The normalized spacial score (nSPS) is 22.8. The van der Waals surface area contributed by atoms with Crippen molar-refractivity contribution in [1.29, 1.82) is 0 Å². The topological polar surface area (TPSA) is 64.4 Å². The first-order valence-electron chi connectivity index (χ1n) is 7.74. The molecule has 4 nitrogen and oxygen atoms in total. The molecule has 1 aliphatic heterocycles. The van der Waals surface area contributed by atoms with Gasteiger partial charge in [-0.1, -0.05) is 13.3 Å². The van der Waals surface area contributed by atoms with Crippen LogP contribution in [0.15, 0.2) is 0 Å². The van der Waals surface area contributed by atoms with E-state index in [0.29, 0.717) is 6.10 Å². The average molecular weight is 270 g/mol. The van der Waals surface area contributed by atoms with E-state index < -0.39 is 0 Å². The Morgan fingerprint density at radius 3 is 2.79 bits per heavy atom. The molecule has 1 heterocycles. The summed E-state index contributed by atoms with van der Waals surface area (Å²) in [6.45, 7) is 5.62. The van der Waals surface area contributed by atoms with Gasteiger partial charge in [-0.2, -0.15) is 0 Å². The van der Waals surface area contributed by atoms with Crippen molar-refractivity contribution >= 4 is 5.91 Å². The lowest BCUT2D eigenvalue weighted by Gasteiger charge is -2.22. The van der Waals surface area contributed by atoms with Crippen LogP contribution >= 0.6 is 0 Å². The summed E-state index contributed by atoms with van der Waals surface area (Å²) in [6, 6.07) is 0.235. The molecule has 112 valence electrons. The zero-order valence-electron chi connectivity index (χ0n) is 12.5. The summed E-state index contributed by atoms with van der Waals surface area (Å²) in [5.74, 6) is 0.256. The Kier molecular flexibility index (Phi) is 8.07. The lowest BCUT2D eigenvalue weighted by Crippen LogP contribution is -2.33. The van der Waals surface area contributed by atoms with Gasteiger partial charge in [0.15, 0.2) is 0 Å². The highest BCUT2D eigenvalue weighted by Crippen LogP contribution is 2.15. The molecule has 0 spiro atoms. The summed E-state index contributed by atoms with van der Waals surface area (Å²) < 4.78 is 5.65. The first-order valence-corrected chi connectivity index (χ1v) is 7.74. The fourth-order valence-electron chi connectivity index (χ4n) is 2.44. The highest BCUT2D eigenvalue weighted by atomic mass is 16.5. The third kappa shape index (κ3) is 7.53. The predicted molar refractivity (Wildman–Crippen MR) is 77.9 cm³/mol. The van der Waals surface area contributed by atoms with E-state index in [1.807, 2.05) is 13.8 Å². The lowest BCUT2D eigenvalue weighted by molar-refractivity contribution is -0.124. The highest BCUT2D eigenvalue weighted by Gasteiger charge is 2.15. The standard InChI is InChI=1S/C15H30N2O2/c1-12(6-5-7-13(2)16)15(18)17-10-9-14-8-3-4-11-19-14/h12-14H,3-11,16H2,1-2H3,(H,17,18). The number of hydrogen-bond donors (Lipinski definition) is 2. The molecule has 1 saturated heterocycles. The summed E-state index contributed by atoms with van der Waals surface area (Å²) in [5.41, 5.74) is 5.70. The molecular weight excluding hydrogens is 240 g/mol. The van der Waals surface area contributed by atoms with Gasteiger partial charge in [-0.15, -0.1) is 0 Å². The van der Waals surface area contributed by atoms with Crippen LogP contribution in [0.25, 0.3) is 0 Å². The van der Waals surface area contributed by atoms with Crippen molar-refractivity contribution < 1.29 is 9.53 Å².